The molecule has 2 atom stereocenters. The number of benzene rings is 2. The van der Waals surface area contributed by atoms with Crippen LogP contribution in [0.4, 0.5) is 9.80 Å². The second-order valence-electron chi connectivity index (χ2n) is 12.3. The van der Waals surface area contributed by atoms with Gasteiger partial charge in [0.25, 0.3) is 0 Å². The van der Waals surface area contributed by atoms with Gasteiger partial charge in [0, 0.05) is 25.6 Å². The average Bonchev–Trinajstić information content (AvgIpc) is 3.48. The Balaban J connectivity index is 1.18. The number of nitrogens with zero attached hydrogens (tertiary/aromatic N) is 1. The van der Waals surface area contributed by atoms with Crippen molar-refractivity contribution >= 4 is 34.2 Å². The van der Waals surface area contributed by atoms with E-state index in [2.05, 4.69) is 20.9 Å². The van der Waals surface area contributed by atoms with Gasteiger partial charge in [-0.15, -0.1) is 11.3 Å². The molecule has 5 rings (SSSR count). The normalized spacial score (nSPS) is 18.5. The Labute approximate surface area is 274 Å². The van der Waals surface area contributed by atoms with Gasteiger partial charge < -0.3 is 25.6 Å². The molecule has 46 heavy (non-hydrogen) atoms. The Morgan fingerprint density at radius 3 is 2.39 bits per heavy atom. The van der Waals surface area contributed by atoms with Gasteiger partial charge >= 0.3 is 12.0 Å². The number of piperidine rings is 1. The van der Waals surface area contributed by atoms with Crippen LogP contribution in [0.2, 0.25) is 0 Å². The van der Waals surface area contributed by atoms with Gasteiger partial charge in [0.05, 0.1) is 5.00 Å². The lowest BCUT2D eigenvalue weighted by molar-refractivity contribution is -0.124. The highest BCUT2D eigenvalue weighted by Gasteiger charge is 2.27. The lowest BCUT2D eigenvalue weighted by Gasteiger charge is -2.34. The number of amides is 3. The molecule has 11 heteroatoms. The minimum absolute atomic E-state index is 0.0724. The number of nitrogens with one attached hydrogen (secondary N) is 3. The third kappa shape index (κ3) is 10.2. The molecular formula is C35H44N4O6S. The highest BCUT2D eigenvalue weighted by atomic mass is 32.1. The Kier molecular flexibility index (Phi) is 11.9. The number of aromatic hydroxyl groups is 2. The molecule has 1 aromatic heterocycles. The van der Waals surface area contributed by atoms with Crippen LogP contribution < -0.4 is 16.0 Å². The van der Waals surface area contributed by atoms with Crippen LogP contribution in [0.5, 0.6) is 11.5 Å². The Morgan fingerprint density at radius 2 is 1.63 bits per heavy atom. The number of urea groups is 1. The van der Waals surface area contributed by atoms with E-state index in [4.69, 9.17) is 4.74 Å². The lowest BCUT2D eigenvalue weighted by Crippen LogP contribution is -2.54. The van der Waals surface area contributed by atoms with E-state index >= 15 is 0 Å². The van der Waals surface area contributed by atoms with E-state index in [1.807, 2.05) is 12.1 Å². The number of esters is 1. The Bertz CT molecular complexity index is 1450. The predicted octanol–water partition coefficient (Wildman–Crippen LogP) is 5.94. The summed E-state index contributed by atoms with van der Waals surface area (Å²) in [4.78, 5) is 42.2. The minimum atomic E-state index is -0.880. The maximum absolute atomic E-state index is 13.6. The van der Waals surface area contributed by atoms with E-state index in [1.165, 1.54) is 19.3 Å². The second kappa shape index (κ2) is 16.5. The summed E-state index contributed by atoms with van der Waals surface area (Å²) in [6.07, 6.45) is 9.33. The van der Waals surface area contributed by atoms with E-state index in [9.17, 15) is 24.6 Å². The molecule has 3 amide bonds. The van der Waals surface area contributed by atoms with E-state index in [0.29, 0.717) is 23.0 Å². The van der Waals surface area contributed by atoms with E-state index in [0.717, 1.165) is 67.5 Å². The molecule has 2 fully saturated rings. The van der Waals surface area contributed by atoms with Crippen molar-refractivity contribution in [3.63, 3.8) is 0 Å². The molecule has 3 aromatic rings. The van der Waals surface area contributed by atoms with Gasteiger partial charge in [0.15, 0.2) is 0 Å². The molecule has 2 aliphatic rings. The van der Waals surface area contributed by atoms with Gasteiger partial charge in [-0.3, -0.25) is 15.0 Å². The SMILES string of the molecule is O=C(Nc1ccc(C(=O)OC2CCCCCCC2)s1)N[C@@H](Cc1ccc(O)cc1)C(=O)N[C@H]1CCCN(Cc2cccc(O)c2)C1. The molecule has 1 saturated carbocycles. The fraction of sp³-hybridized carbons (Fsp3) is 0.457. The zero-order valence-corrected chi connectivity index (χ0v) is 26.9. The summed E-state index contributed by atoms with van der Waals surface area (Å²) in [7, 11) is 0. The first-order valence-corrected chi connectivity index (χ1v) is 17.1. The molecule has 10 nitrogen and oxygen atoms in total. The van der Waals surface area contributed by atoms with Gasteiger partial charge in [0.2, 0.25) is 5.91 Å². The molecule has 2 aromatic carbocycles. The van der Waals surface area contributed by atoms with Crippen LogP contribution in [0.3, 0.4) is 0 Å². The molecule has 0 radical (unpaired) electrons. The minimum Gasteiger partial charge on any atom is -0.508 e. The van der Waals surface area contributed by atoms with Crippen molar-refractivity contribution < 1.29 is 29.3 Å². The van der Waals surface area contributed by atoms with Gasteiger partial charge in [-0.25, -0.2) is 9.59 Å². The van der Waals surface area contributed by atoms with E-state index in [1.54, 1.807) is 48.5 Å². The topological polar surface area (TPSA) is 140 Å². The third-order valence-corrected chi connectivity index (χ3v) is 9.52. The van der Waals surface area contributed by atoms with Crippen molar-refractivity contribution in [2.45, 2.75) is 88.9 Å². The van der Waals surface area contributed by atoms with Crippen LogP contribution in [0, 0.1) is 0 Å². The highest BCUT2D eigenvalue weighted by molar-refractivity contribution is 7.18. The van der Waals surface area contributed by atoms with Crippen LogP contribution in [-0.4, -0.2) is 64.3 Å². The second-order valence-corrected chi connectivity index (χ2v) is 13.4. The fourth-order valence-electron chi connectivity index (χ4n) is 6.18. The third-order valence-electron chi connectivity index (χ3n) is 8.54. The van der Waals surface area contributed by atoms with Gasteiger partial charge in [0.1, 0.15) is 28.5 Å². The van der Waals surface area contributed by atoms with Crippen molar-refractivity contribution in [1.29, 1.82) is 0 Å². The predicted molar refractivity (Wildman–Crippen MR) is 178 cm³/mol. The van der Waals surface area contributed by atoms with Crippen molar-refractivity contribution in [3.05, 3.63) is 76.7 Å². The van der Waals surface area contributed by atoms with Crippen LogP contribution in [-0.2, 0) is 22.5 Å². The summed E-state index contributed by atoms with van der Waals surface area (Å²) in [6.45, 7) is 2.19. The number of rotatable bonds is 10. The maximum Gasteiger partial charge on any atom is 0.348 e. The van der Waals surface area contributed by atoms with Crippen molar-refractivity contribution in [2.24, 2.45) is 0 Å². The Hall–Kier alpha value is -4.09. The molecular weight excluding hydrogens is 604 g/mol. The molecule has 0 bridgehead atoms. The summed E-state index contributed by atoms with van der Waals surface area (Å²) in [5.41, 5.74) is 1.78. The summed E-state index contributed by atoms with van der Waals surface area (Å²) in [5, 5.41) is 28.7. The maximum atomic E-state index is 13.6. The quantitative estimate of drug-likeness (QED) is 0.171. The lowest BCUT2D eigenvalue weighted by atomic mass is 9.98. The smallest absolute Gasteiger partial charge is 0.348 e. The van der Waals surface area contributed by atoms with Crippen molar-refractivity contribution in [2.75, 3.05) is 18.4 Å². The summed E-state index contributed by atoms with van der Waals surface area (Å²) >= 11 is 1.14. The number of ether oxygens (including phenoxy) is 1. The largest absolute Gasteiger partial charge is 0.508 e. The van der Waals surface area contributed by atoms with Crippen LogP contribution in [0.1, 0.15) is 78.6 Å². The number of likely N-dealkylation sites (tertiary alicyclic amines) is 1. The number of carbonyl (C=O) groups is 3. The fourth-order valence-corrected chi connectivity index (χ4v) is 6.96. The van der Waals surface area contributed by atoms with Crippen molar-refractivity contribution in [1.82, 2.24) is 15.5 Å². The molecule has 5 N–H and O–H groups in total. The molecule has 1 saturated heterocycles. The highest BCUT2D eigenvalue weighted by Crippen LogP contribution is 2.26. The van der Waals surface area contributed by atoms with Gasteiger partial charge in [-0.05, 0) is 92.6 Å². The number of anilines is 1. The number of phenols is 2. The first kappa shape index (κ1) is 33.3. The summed E-state index contributed by atoms with van der Waals surface area (Å²) in [5.74, 6) is -0.336. The van der Waals surface area contributed by atoms with Crippen LogP contribution in [0.15, 0.2) is 60.7 Å². The van der Waals surface area contributed by atoms with E-state index in [-0.39, 0.29) is 41.9 Å². The number of hydrogen-bond donors (Lipinski definition) is 5. The first-order valence-electron chi connectivity index (χ1n) is 16.3. The number of carbonyl (C=O) groups excluding carboxylic acids is 3. The number of phenolic OH excluding ortho intramolecular Hbond substituents is 2. The number of thiophene rings is 1. The zero-order valence-electron chi connectivity index (χ0n) is 26.1. The summed E-state index contributed by atoms with van der Waals surface area (Å²) in [6, 6.07) is 15.5. The molecule has 1 aliphatic carbocycles. The zero-order chi connectivity index (χ0) is 32.3. The molecule has 2 heterocycles. The first-order chi connectivity index (χ1) is 22.3. The van der Waals surface area contributed by atoms with Crippen LogP contribution >= 0.6 is 11.3 Å². The molecule has 246 valence electrons. The van der Waals surface area contributed by atoms with E-state index < -0.39 is 12.1 Å². The van der Waals surface area contributed by atoms with Gasteiger partial charge in [-0.2, -0.15) is 0 Å². The van der Waals surface area contributed by atoms with Gasteiger partial charge in [-0.1, -0.05) is 43.5 Å². The van der Waals surface area contributed by atoms with Crippen LogP contribution in [0.25, 0.3) is 0 Å². The summed E-state index contributed by atoms with van der Waals surface area (Å²) < 4.78 is 5.78. The standard InChI is InChI=1S/C35H44N4O6S/c40-27-15-13-24(14-16-27)21-30(33(42)36-26-9-7-19-39(23-26)22-25-8-6-10-28(41)20-25)37-35(44)38-32-18-17-31(46-32)34(43)45-29-11-4-2-1-3-5-12-29/h6,8,10,13-18,20,26,29-30,40-41H,1-5,7,9,11-12,19,21-23H2,(H,36,42)(H2,37,38,44)/t26-,30-/m0/s1. The number of hydrogen-bond acceptors (Lipinski definition) is 8. The molecule has 1 aliphatic heterocycles. The van der Waals surface area contributed by atoms with Crippen molar-refractivity contribution in [3.8, 4) is 11.5 Å². The monoisotopic (exact) mass is 648 g/mol. The Morgan fingerprint density at radius 1 is 0.870 bits per heavy atom. The molecule has 0 unspecified atom stereocenters. The average molecular weight is 649 g/mol. The molecule has 0 spiro atoms.